The maximum atomic E-state index is 3.77. The zero-order valence-electron chi connectivity index (χ0n) is 11.6. The molecule has 0 radical (unpaired) electrons. The number of hydrogen-bond acceptors (Lipinski definition) is 2. The number of thioether (sulfide) groups is 1. The van der Waals surface area contributed by atoms with Crippen LogP contribution in [0.15, 0.2) is 30.3 Å². The van der Waals surface area contributed by atoms with Crippen LogP contribution in [0.4, 0.5) is 0 Å². The predicted octanol–water partition coefficient (Wildman–Crippen LogP) is 4.05. The van der Waals surface area contributed by atoms with Crippen molar-refractivity contribution in [3.8, 4) is 0 Å². The van der Waals surface area contributed by atoms with Crippen LogP contribution in [-0.2, 0) is 0 Å². The van der Waals surface area contributed by atoms with Gasteiger partial charge in [-0.25, -0.2) is 0 Å². The van der Waals surface area contributed by atoms with Crippen molar-refractivity contribution in [3.05, 3.63) is 35.9 Å². The van der Waals surface area contributed by atoms with Crippen LogP contribution in [0.25, 0.3) is 0 Å². The Morgan fingerprint density at radius 3 is 2.44 bits per heavy atom. The molecule has 0 saturated heterocycles. The van der Waals surface area contributed by atoms with Gasteiger partial charge in [0, 0.05) is 17.8 Å². The number of rotatable bonds is 5. The Morgan fingerprint density at radius 1 is 1.17 bits per heavy atom. The van der Waals surface area contributed by atoms with Gasteiger partial charge in [0.25, 0.3) is 0 Å². The lowest BCUT2D eigenvalue weighted by atomic mass is 9.81. The van der Waals surface area contributed by atoms with Gasteiger partial charge in [-0.05, 0) is 50.3 Å². The second-order valence-corrected chi connectivity index (χ2v) is 6.39. The average molecular weight is 263 g/mol. The van der Waals surface area contributed by atoms with Crippen LogP contribution in [0.5, 0.6) is 0 Å². The molecule has 100 valence electrons. The lowest BCUT2D eigenvalue weighted by Crippen LogP contribution is -2.39. The zero-order chi connectivity index (χ0) is 12.8. The van der Waals surface area contributed by atoms with Crippen molar-refractivity contribution in [1.29, 1.82) is 0 Å². The molecular weight excluding hydrogens is 238 g/mol. The molecule has 1 aliphatic rings. The van der Waals surface area contributed by atoms with Crippen molar-refractivity contribution in [1.82, 2.24) is 5.32 Å². The second kappa shape index (κ2) is 7.20. The van der Waals surface area contributed by atoms with Gasteiger partial charge in [0.2, 0.25) is 0 Å². The Kier molecular flexibility index (Phi) is 5.58. The molecule has 1 aliphatic carbocycles. The molecule has 0 spiro atoms. The van der Waals surface area contributed by atoms with Crippen LogP contribution in [0.1, 0.15) is 44.1 Å². The first kappa shape index (κ1) is 14.0. The van der Waals surface area contributed by atoms with E-state index in [1.165, 1.54) is 37.0 Å². The fourth-order valence-electron chi connectivity index (χ4n) is 3.02. The Balaban J connectivity index is 1.78. The summed E-state index contributed by atoms with van der Waals surface area (Å²) in [6.45, 7) is 2.31. The Bertz CT molecular complexity index is 330. The van der Waals surface area contributed by atoms with Crippen molar-refractivity contribution >= 4 is 11.8 Å². The summed E-state index contributed by atoms with van der Waals surface area (Å²) >= 11 is 1.93. The molecule has 1 N–H and O–H groups in total. The van der Waals surface area contributed by atoms with Crippen LogP contribution in [-0.4, -0.2) is 24.1 Å². The van der Waals surface area contributed by atoms with E-state index in [2.05, 4.69) is 48.8 Å². The summed E-state index contributed by atoms with van der Waals surface area (Å²) in [5.41, 5.74) is 1.54. The van der Waals surface area contributed by atoms with Crippen molar-refractivity contribution in [2.75, 3.05) is 12.0 Å². The lowest BCUT2D eigenvalue weighted by Gasteiger charge is -2.31. The molecule has 0 aliphatic heterocycles. The highest BCUT2D eigenvalue weighted by Gasteiger charge is 2.22. The molecule has 0 heterocycles. The molecule has 1 saturated carbocycles. The van der Waals surface area contributed by atoms with Crippen molar-refractivity contribution < 1.29 is 0 Å². The van der Waals surface area contributed by atoms with Gasteiger partial charge in [-0.2, -0.15) is 11.8 Å². The molecule has 0 aromatic heterocycles. The summed E-state index contributed by atoms with van der Waals surface area (Å²) in [5.74, 6) is 2.01. The normalized spacial score (nSPS) is 25.9. The molecule has 0 amide bonds. The largest absolute Gasteiger partial charge is 0.311 e. The highest BCUT2D eigenvalue weighted by molar-refractivity contribution is 7.98. The standard InChI is InChI=1S/C16H25NS/c1-13(12-18-2)17-16-10-8-15(9-11-16)14-6-4-3-5-7-14/h3-7,13,15-17H,8-12H2,1-2H3. The lowest BCUT2D eigenvalue weighted by molar-refractivity contribution is 0.327. The van der Waals surface area contributed by atoms with E-state index in [-0.39, 0.29) is 0 Å². The minimum absolute atomic E-state index is 0.651. The maximum Gasteiger partial charge on any atom is 0.0132 e. The van der Waals surface area contributed by atoms with E-state index in [0.29, 0.717) is 6.04 Å². The minimum Gasteiger partial charge on any atom is -0.311 e. The van der Waals surface area contributed by atoms with Gasteiger partial charge >= 0.3 is 0 Å². The van der Waals surface area contributed by atoms with Gasteiger partial charge in [0.1, 0.15) is 0 Å². The molecular formula is C16H25NS. The van der Waals surface area contributed by atoms with E-state index in [9.17, 15) is 0 Å². The van der Waals surface area contributed by atoms with Crippen LogP contribution >= 0.6 is 11.8 Å². The molecule has 2 rings (SSSR count). The van der Waals surface area contributed by atoms with Crippen LogP contribution < -0.4 is 5.32 Å². The van der Waals surface area contributed by atoms with E-state index in [4.69, 9.17) is 0 Å². The molecule has 18 heavy (non-hydrogen) atoms. The number of hydrogen-bond donors (Lipinski definition) is 1. The van der Waals surface area contributed by atoms with E-state index in [1.807, 2.05) is 11.8 Å². The van der Waals surface area contributed by atoms with E-state index >= 15 is 0 Å². The van der Waals surface area contributed by atoms with Crippen molar-refractivity contribution in [2.24, 2.45) is 0 Å². The van der Waals surface area contributed by atoms with Gasteiger partial charge in [0.05, 0.1) is 0 Å². The Morgan fingerprint density at radius 2 is 1.83 bits per heavy atom. The Hall–Kier alpha value is -0.470. The first-order valence-corrected chi connectivity index (χ1v) is 8.49. The summed E-state index contributed by atoms with van der Waals surface area (Å²) in [6, 6.07) is 12.4. The molecule has 1 fully saturated rings. The smallest absolute Gasteiger partial charge is 0.0132 e. The minimum atomic E-state index is 0.651. The summed E-state index contributed by atoms with van der Waals surface area (Å²) in [7, 11) is 0. The van der Waals surface area contributed by atoms with Crippen LogP contribution in [0.2, 0.25) is 0 Å². The Labute approximate surface area is 116 Å². The second-order valence-electron chi connectivity index (χ2n) is 5.48. The summed E-state index contributed by atoms with van der Waals surface area (Å²) in [6.07, 6.45) is 7.53. The van der Waals surface area contributed by atoms with Crippen LogP contribution in [0.3, 0.4) is 0 Å². The molecule has 1 nitrogen and oxygen atoms in total. The molecule has 1 aromatic rings. The average Bonchev–Trinajstić information content (AvgIpc) is 2.41. The summed E-state index contributed by atoms with van der Waals surface area (Å²) < 4.78 is 0. The van der Waals surface area contributed by atoms with Gasteiger partial charge in [0.15, 0.2) is 0 Å². The van der Waals surface area contributed by atoms with E-state index in [1.54, 1.807) is 0 Å². The number of nitrogens with one attached hydrogen (secondary N) is 1. The fraction of sp³-hybridized carbons (Fsp3) is 0.625. The molecule has 1 aromatic carbocycles. The van der Waals surface area contributed by atoms with Gasteiger partial charge < -0.3 is 5.32 Å². The topological polar surface area (TPSA) is 12.0 Å². The van der Waals surface area contributed by atoms with E-state index < -0.39 is 0 Å². The molecule has 1 unspecified atom stereocenters. The van der Waals surface area contributed by atoms with Gasteiger partial charge in [-0.1, -0.05) is 30.3 Å². The van der Waals surface area contributed by atoms with Crippen molar-refractivity contribution in [3.63, 3.8) is 0 Å². The van der Waals surface area contributed by atoms with Gasteiger partial charge in [-0.15, -0.1) is 0 Å². The van der Waals surface area contributed by atoms with Crippen molar-refractivity contribution in [2.45, 2.75) is 50.6 Å². The fourth-order valence-corrected chi connectivity index (χ4v) is 3.62. The first-order valence-electron chi connectivity index (χ1n) is 7.09. The summed E-state index contributed by atoms with van der Waals surface area (Å²) in [5, 5.41) is 3.77. The predicted molar refractivity (Wildman–Crippen MR) is 82.4 cm³/mol. The number of benzene rings is 1. The SMILES string of the molecule is CSCC(C)NC1CCC(c2ccccc2)CC1. The van der Waals surface area contributed by atoms with Crippen LogP contribution in [0, 0.1) is 0 Å². The maximum absolute atomic E-state index is 3.77. The third-order valence-electron chi connectivity index (χ3n) is 3.94. The first-order chi connectivity index (χ1) is 8.79. The van der Waals surface area contributed by atoms with E-state index in [0.717, 1.165) is 12.0 Å². The quantitative estimate of drug-likeness (QED) is 0.860. The molecule has 1 atom stereocenters. The monoisotopic (exact) mass is 263 g/mol. The highest BCUT2D eigenvalue weighted by atomic mass is 32.2. The highest BCUT2D eigenvalue weighted by Crippen LogP contribution is 2.32. The molecule has 2 heteroatoms. The third kappa shape index (κ3) is 4.03. The third-order valence-corrected chi connectivity index (χ3v) is 4.77. The summed E-state index contributed by atoms with van der Waals surface area (Å²) in [4.78, 5) is 0. The molecule has 0 bridgehead atoms. The van der Waals surface area contributed by atoms with Gasteiger partial charge in [-0.3, -0.25) is 0 Å². The zero-order valence-corrected chi connectivity index (χ0v) is 12.4.